The fraction of sp³-hybridized carbons (Fsp3) is 0.133. The molecule has 1 atom stereocenters. The molecule has 0 bridgehead atoms. The first kappa shape index (κ1) is 32.8. The predicted molar refractivity (Wildman–Crippen MR) is 208 cm³/mol. The maximum atomic E-state index is 12.5. The summed E-state index contributed by atoms with van der Waals surface area (Å²) < 4.78 is 29.1. The summed E-state index contributed by atoms with van der Waals surface area (Å²) >= 11 is 0. The molecule has 0 saturated heterocycles. The Labute approximate surface area is 308 Å². The van der Waals surface area contributed by atoms with E-state index in [0.717, 1.165) is 74.4 Å². The van der Waals surface area contributed by atoms with Gasteiger partial charge in [-0.05, 0) is 59.9 Å². The van der Waals surface area contributed by atoms with Gasteiger partial charge in [-0.3, -0.25) is 13.9 Å². The first-order valence-corrected chi connectivity index (χ1v) is 19.7. The molecular weight excluding hydrogens is 677 g/mol. The van der Waals surface area contributed by atoms with Crippen molar-refractivity contribution >= 4 is 21.3 Å². The highest BCUT2D eigenvalue weighted by atomic mass is 32.2. The average molecular weight is 713 g/mol. The van der Waals surface area contributed by atoms with Crippen molar-refractivity contribution in [2.45, 2.75) is 29.7 Å². The minimum atomic E-state index is -3.39. The summed E-state index contributed by atoms with van der Waals surface area (Å²) in [6, 6.07) is 38.2. The van der Waals surface area contributed by atoms with Crippen molar-refractivity contribution in [1.29, 1.82) is 0 Å². The maximum Gasteiger partial charge on any atom is 0.175 e. The van der Waals surface area contributed by atoms with Crippen LogP contribution in [0.25, 0.3) is 39.3 Å². The summed E-state index contributed by atoms with van der Waals surface area (Å²) in [4.78, 5) is 17.4. The molecule has 2 aliphatic rings. The van der Waals surface area contributed by atoms with E-state index in [1.54, 1.807) is 12.1 Å². The van der Waals surface area contributed by atoms with Crippen LogP contribution < -0.4 is 0 Å². The minimum Gasteiger partial charge on any atom is -0.299 e. The SMILES string of the molecule is CS(=O)(=O)c1ccc(-c2nn(C(c3ccccc3)(c3ccccc3)C3C=CC=CC3)cc2-c2ccc3ncc(-c4ccc5c(c4)CCC5=O)n3c2)cc1. The summed E-state index contributed by atoms with van der Waals surface area (Å²) in [5.74, 6) is 0.225. The molecule has 7 nitrogen and oxygen atoms in total. The van der Waals surface area contributed by atoms with E-state index in [9.17, 15) is 13.2 Å². The fourth-order valence-electron chi connectivity index (χ4n) is 8.11. The Hall–Kier alpha value is -6.12. The molecule has 260 valence electrons. The molecule has 7 aromatic rings. The molecule has 0 amide bonds. The van der Waals surface area contributed by atoms with Gasteiger partial charge in [-0.15, -0.1) is 0 Å². The molecular formula is C45H36N4O3S. The molecule has 0 aliphatic heterocycles. The van der Waals surface area contributed by atoms with Crippen LogP contribution in [0.2, 0.25) is 0 Å². The lowest BCUT2D eigenvalue weighted by Crippen LogP contribution is -2.43. The Morgan fingerprint density at radius 1 is 0.736 bits per heavy atom. The van der Waals surface area contributed by atoms with Gasteiger partial charge >= 0.3 is 0 Å². The van der Waals surface area contributed by atoms with Crippen LogP contribution in [0.5, 0.6) is 0 Å². The third kappa shape index (κ3) is 5.57. The van der Waals surface area contributed by atoms with Gasteiger partial charge in [0, 0.05) is 58.8 Å². The minimum absolute atomic E-state index is 0.0277. The molecule has 0 saturated carbocycles. The first-order chi connectivity index (χ1) is 25.8. The first-order valence-electron chi connectivity index (χ1n) is 17.8. The Morgan fingerprint density at radius 2 is 1.43 bits per heavy atom. The standard InChI is InChI=1S/C45H36N4O3S/c1-53(51,52)38-22-17-31(18-23-38)44-40(34-21-26-43-46-28-41(48(43)29-34)33-19-24-39-32(27-33)20-25-42(39)50)30-49(47-44)45(35-11-5-2-6-12-35,36-13-7-3-8-14-36)37-15-9-4-10-16-37/h2-15,17-19,21-24,26-30,37H,16,20,25H2,1H3. The van der Waals surface area contributed by atoms with Gasteiger partial charge in [-0.25, -0.2) is 13.4 Å². The number of Topliss-reactive ketones (excluding diaryl/α,β-unsaturated/α-hetero) is 1. The van der Waals surface area contributed by atoms with Crippen molar-refractivity contribution in [3.8, 4) is 33.6 Å². The number of ketones is 1. The van der Waals surface area contributed by atoms with Gasteiger partial charge in [-0.1, -0.05) is 109 Å². The molecule has 1 unspecified atom stereocenters. The van der Waals surface area contributed by atoms with Gasteiger partial charge in [0.1, 0.15) is 16.9 Å². The molecule has 3 heterocycles. The third-order valence-electron chi connectivity index (χ3n) is 10.7. The zero-order chi connectivity index (χ0) is 36.2. The number of rotatable bonds is 8. The molecule has 4 aromatic carbocycles. The Kier molecular flexibility index (Phi) is 7.93. The highest BCUT2D eigenvalue weighted by Gasteiger charge is 2.44. The van der Waals surface area contributed by atoms with E-state index in [1.807, 2.05) is 48.7 Å². The number of nitrogens with zero attached hydrogens (tertiary/aromatic N) is 4. The average Bonchev–Trinajstić information content (AvgIpc) is 3.93. The van der Waals surface area contributed by atoms with E-state index in [0.29, 0.717) is 6.42 Å². The van der Waals surface area contributed by atoms with Crippen molar-refractivity contribution in [1.82, 2.24) is 19.2 Å². The third-order valence-corrected chi connectivity index (χ3v) is 11.8. The number of aromatic nitrogens is 4. The van der Waals surface area contributed by atoms with Crippen molar-refractivity contribution in [3.63, 3.8) is 0 Å². The van der Waals surface area contributed by atoms with E-state index in [1.165, 1.54) is 6.26 Å². The zero-order valence-corrected chi connectivity index (χ0v) is 29.9. The van der Waals surface area contributed by atoms with Crippen LogP contribution in [0.4, 0.5) is 0 Å². The molecule has 0 radical (unpaired) electrons. The van der Waals surface area contributed by atoms with Crippen LogP contribution >= 0.6 is 0 Å². The van der Waals surface area contributed by atoms with Crippen LogP contribution in [0, 0.1) is 5.92 Å². The van der Waals surface area contributed by atoms with Crippen LogP contribution in [0.3, 0.4) is 0 Å². The van der Waals surface area contributed by atoms with Crippen molar-refractivity contribution in [2.75, 3.05) is 6.26 Å². The number of aryl methyl sites for hydroxylation is 1. The molecule has 0 N–H and O–H groups in total. The Balaban J connectivity index is 1.29. The van der Waals surface area contributed by atoms with Crippen molar-refractivity contribution in [2.24, 2.45) is 5.92 Å². The highest BCUT2D eigenvalue weighted by molar-refractivity contribution is 7.90. The second-order valence-corrected chi connectivity index (χ2v) is 15.9. The lowest BCUT2D eigenvalue weighted by molar-refractivity contribution is 0.0994. The number of benzene rings is 4. The van der Waals surface area contributed by atoms with Crippen molar-refractivity contribution in [3.05, 3.63) is 180 Å². The molecule has 3 aromatic heterocycles. The Bertz CT molecular complexity index is 2650. The van der Waals surface area contributed by atoms with E-state index in [-0.39, 0.29) is 16.6 Å². The molecule has 9 rings (SSSR count). The van der Waals surface area contributed by atoms with E-state index < -0.39 is 15.4 Å². The second kappa shape index (κ2) is 12.8. The molecule has 8 heteroatoms. The van der Waals surface area contributed by atoms with Gasteiger partial charge in [0.05, 0.1) is 16.8 Å². The maximum absolute atomic E-state index is 12.5. The number of carbonyl (C=O) groups is 1. The number of carbonyl (C=O) groups excluding carboxylic acids is 1. The molecule has 0 fully saturated rings. The van der Waals surface area contributed by atoms with Gasteiger partial charge in [-0.2, -0.15) is 5.10 Å². The topological polar surface area (TPSA) is 86.3 Å². The van der Waals surface area contributed by atoms with Gasteiger partial charge in [0.2, 0.25) is 0 Å². The number of allylic oxidation sites excluding steroid dienone is 4. The number of hydrogen-bond donors (Lipinski definition) is 0. The van der Waals surface area contributed by atoms with E-state index in [2.05, 4.69) is 106 Å². The predicted octanol–water partition coefficient (Wildman–Crippen LogP) is 8.99. The number of hydrogen-bond acceptors (Lipinski definition) is 5. The summed E-state index contributed by atoms with van der Waals surface area (Å²) in [7, 11) is -3.39. The summed E-state index contributed by atoms with van der Waals surface area (Å²) in [6.07, 6.45) is 18.2. The van der Waals surface area contributed by atoms with Crippen LogP contribution in [-0.4, -0.2) is 39.6 Å². The number of fused-ring (bicyclic) bond motifs is 2. The summed E-state index contributed by atoms with van der Waals surface area (Å²) in [6.45, 7) is 0. The molecule has 0 spiro atoms. The second-order valence-electron chi connectivity index (χ2n) is 13.9. The van der Waals surface area contributed by atoms with E-state index >= 15 is 0 Å². The fourth-order valence-corrected chi connectivity index (χ4v) is 8.74. The van der Waals surface area contributed by atoms with Gasteiger partial charge in [0.15, 0.2) is 15.6 Å². The lowest BCUT2D eigenvalue weighted by Gasteiger charge is -2.41. The summed E-state index contributed by atoms with van der Waals surface area (Å²) in [5, 5.41) is 5.50. The number of sulfone groups is 1. The number of pyridine rings is 1. The van der Waals surface area contributed by atoms with Gasteiger partial charge < -0.3 is 0 Å². The number of imidazole rings is 1. The monoisotopic (exact) mass is 712 g/mol. The van der Waals surface area contributed by atoms with Gasteiger partial charge in [0.25, 0.3) is 0 Å². The largest absolute Gasteiger partial charge is 0.299 e. The highest BCUT2D eigenvalue weighted by Crippen LogP contribution is 2.46. The van der Waals surface area contributed by atoms with Crippen LogP contribution in [0.15, 0.2) is 163 Å². The van der Waals surface area contributed by atoms with Crippen LogP contribution in [-0.2, 0) is 21.8 Å². The lowest BCUT2D eigenvalue weighted by atomic mass is 9.70. The quantitative estimate of drug-likeness (QED) is 0.157. The Morgan fingerprint density at radius 3 is 2.11 bits per heavy atom. The smallest absolute Gasteiger partial charge is 0.175 e. The molecule has 2 aliphatic carbocycles. The van der Waals surface area contributed by atoms with E-state index in [4.69, 9.17) is 10.1 Å². The zero-order valence-electron chi connectivity index (χ0n) is 29.1. The summed E-state index contributed by atoms with van der Waals surface area (Å²) in [5.41, 5.74) is 9.44. The molecule has 53 heavy (non-hydrogen) atoms. The van der Waals surface area contributed by atoms with Crippen LogP contribution in [0.1, 0.15) is 39.9 Å². The normalized spacial score (nSPS) is 15.6. The van der Waals surface area contributed by atoms with Crippen molar-refractivity contribution < 1.29 is 13.2 Å².